The van der Waals surface area contributed by atoms with Gasteiger partial charge in [-0.3, -0.25) is 4.79 Å². The lowest BCUT2D eigenvalue weighted by Gasteiger charge is -2.01. The monoisotopic (exact) mass is 166 g/mol. The van der Waals surface area contributed by atoms with Gasteiger partial charge in [-0.1, -0.05) is 0 Å². The molecule has 0 atom stereocenters. The highest BCUT2D eigenvalue weighted by molar-refractivity contribution is 5.96. The molecule has 0 spiro atoms. The number of aromatic amines is 1. The number of aromatic nitrogens is 1. The smallest absolute Gasteiger partial charge is 0.253 e. The van der Waals surface area contributed by atoms with Crippen LogP contribution in [0.2, 0.25) is 0 Å². The molecule has 12 heavy (non-hydrogen) atoms. The second-order valence-electron chi connectivity index (χ2n) is 2.83. The Morgan fingerprint density at radius 1 is 1.58 bits per heavy atom. The van der Waals surface area contributed by atoms with E-state index in [0.717, 1.165) is 16.8 Å². The maximum absolute atomic E-state index is 11.4. The largest absolute Gasteiger partial charge is 0.364 e. The molecule has 0 unspecified atom stereocenters. The van der Waals surface area contributed by atoms with Gasteiger partial charge in [0.25, 0.3) is 5.91 Å². The van der Waals surface area contributed by atoms with Gasteiger partial charge < -0.3 is 10.3 Å². The molecule has 1 amide bonds. The van der Waals surface area contributed by atoms with E-state index in [9.17, 15) is 4.79 Å². The number of aryl methyl sites for hydroxylation is 2. The van der Waals surface area contributed by atoms with E-state index < -0.39 is 0 Å². The Kier molecular flexibility index (Phi) is 2.53. The SMILES string of the molecule is CCNC(=O)c1c(C)c[nH]c1C. The molecule has 1 rings (SSSR count). The Bertz CT molecular complexity index is 269. The van der Waals surface area contributed by atoms with Crippen molar-refractivity contribution < 1.29 is 4.79 Å². The van der Waals surface area contributed by atoms with Gasteiger partial charge in [0.2, 0.25) is 0 Å². The fourth-order valence-corrected chi connectivity index (χ4v) is 1.25. The molecule has 66 valence electrons. The number of carbonyl (C=O) groups is 1. The Hall–Kier alpha value is -1.25. The van der Waals surface area contributed by atoms with Crippen molar-refractivity contribution >= 4 is 5.91 Å². The van der Waals surface area contributed by atoms with Crippen molar-refractivity contribution in [1.29, 1.82) is 0 Å². The van der Waals surface area contributed by atoms with Crippen LogP contribution in [0.4, 0.5) is 0 Å². The van der Waals surface area contributed by atoms with Gasteiger partial charge in [0.1, 0.15) is 0 Å². The highest BCUT2D eigenvalue weighted by Crippen LogP contribution is 2.11. The van der Waals surface area contributed by atoms with E-state index in [1.165, 1.54) is 0 Å². The van der Waals surface area contributed by atoms with Crippen LogP contribution in [0, 0.1) is 13.8 Å². The molecule has 0 fully saturated rings. The predicted molar refractivity (Wildman–Crippen MR) is 48.3 cm³/mol. The number of nitrogens with one attached hydrogen (secondary N) is 2. The van der Waals surface area contributed by atoms with Gasteiger partial charge in [-0.2, -0.15) is 0 Å². The molecule has 1 aromatic heterocycles. The van der Waals surface area contributed by atoms with Gasteiger partial charge in [0.15, 0.2) is 0 Å². The molecule has 0 aliphatic rings. The van der Waals surface area contributed by atoms with Crippen LogP contribution >= 0.6 is 0 Å². The van der Waals surface area contributed by atoms with Crippen LogP contribution < -0.4 is 5.32 Å². The van der Waals surface area contributed by atoms with Gasteiger partial charge in [-0.25, -0.2) is 0 Å². The first-order valence-electron chi connectivity index (χ1n) is 4.09. The summed E-state index contributed by atoms with van der Waals surface area (Å²) < 4.78 is 0. The molecule has 3 heteroatoms. The molecule has 0 bridgehead atoms. The van der Waals surface area contributed by atoms with Crippen LogP contribution in [0.3, 0.4) is 0 Å². The molecule has 0 saturated heterocycles. The average Bonchev–Trinajstić information content (AvgIpc) is 2.32. The van der Waals surface area contributed by atoms with Gasteiger partial charge >= 0.3 is 0 Å². The van der Waals surface area contributed by atoms with Crippen LogP contribution in [0.25, 0.3) is 0 Å². The van der Waals surface area contributed by atoms with E-state index >= 15 is 0 Å². The summed E-state index contributed by atoms with van der Waals surface area (Å²) in [5, 5.41) is 2.77. The highest BCUT2D eigenvalue weighted by atomic mass is 16.1. The summed E-state index contributed by atoms with van der Waals surface area (Å²) in [6, 6.07) is 0. The van der Waals surface area contributed by atoms with Crippen LogP contribution in [-0.4, -0.2) is 17.4 Å². The van der Waals surface area contributed by atoms with Crippen molar-refractivity contribution in [2.45, 2.75) is 20.8 Å². The fourth-order valence-electron chi connectivity index (χ4n) is 1.25. The first-order chi connectivity index (χ1) is 5.66. The zero-order valence-corrected chi connectivity index (χ0v) is 7.69. The Balaban J connectivity index is 2.93. The summed E-state index contributed by atoms with van der Waals surface area (Å²) in [5.41, 5.74) is 2.70. The normalized spacial score (nSPS) is 9.92. The molecule has 1 heterocycles. The summed E-state index contributed by atoms with van der Waals surface area (Å²) in [7, 11) is 0. The van der Waals surface area contributed by atoms with Gasteiger partial charge in [0.05, 0.1) is 5.56 Å². The third kappa shape index (κ3) is 1.49. The average molecular weight is 166 g/mol. The molecule has 3 nitrogen and oxygen atoms in total. The summed E-state index contributed by atoms with van der Waals surface area (Å²) in [4.78, 5) is 14.4. The van der Waals surface area contributed by atoms with E-state index in [1.807, 2.05) is 27.0 Å². The number of rotatable bonds is 2. The Morgan fingerprint density at radius 3 is 2.67 bits per heavy atom. The summed E-state index contributed by atoms with van der Waals surface area (Å²) >= 11 is 0. The van der Waals surface area contributed by atoms with Crippen molar-refractivity contribution in [3.05, 3.63) is 23.0 Å². The van der Waals surface area contributed by atoms with Crippen LogP contribution in [-0.2, 0) is 0 Å². The van der Waals surface area contributed by atoms with Gasteiger partial charge in [-0.15, -0.1) is 0 Å². The minimum atomic E-state index is 0.00810. The van der Waals surface area contributed by atoms with Crippen LogP contribution in [0.1, 0.15) is 28.5 Å². The van der Waals surface area contributed by atoms with E-state index in [1.54, 1.807) is 0 Å². The maximum atomic E-state index is 11.4. The van der Waals surface area contributed by atoms with E-state index in [4.69, 9.17) is 0 Å². The molecule has 0 saturated carbocycles. The van der Waals surface area contributed by atoms with Crippen molar-refractivity contribution in [1.82, 2.24) is 10.3 Å². The molecule has 0 radical (unpaired) electrons. The number of carbonyl (C=O) groups excluding carboxylic acids is 1. The Morgan fingerprint density at radius 2 is 2.25 bits per heavy atom. The number of hydrogen-bond acceptors (Lipinski definition) is 1. The van der Waals surface area contributed by atoms with Gasteiger partial charge in [0, 0.05) is 18.4 Å². The number of amides is 1. The molecular formula is C9H14N2O. The molecule has 0 aliphatic heterocycles. The zero-order chi connectivity index (χ0) is 9.14. The lowest BCUT2D eigenvalue weighted by molar-refractivity contribution is 0.0955. The Labute approximate surface area is 72.2 Å². The summed E-state index contributed by atoms with van der Waals surface area (Å²) in [6.45, 7) is 6.41. The molecular weight excluding hydrogens is 152 g/mol. The lowest BCUT2D eigenvalue weighted by atomic mass is 10.1. The third-order valence-electron chi connectivity index (χ3n) is 1.84. The van der Waals surface area contributed by atoms with Crippen molar-refractivity contribution in [2.24, 2.45) is 0 Å². The lowest BCUT2D eigenvalue weighted by Crippen LogP contribution is -2.23. The van der Waals surface area contributed by atoms with Gasteiger partial charge in [-0.05, 0) is 26.3 Å². The summed E-state index contributed by atoms with van der Waals surface area (Å²) in [6.07, 6.45) is 1.85. The molecule has 1 aromatic rings. The quantitative estimate of drug-likeness (QED) is 0.685. The first kappa shape index (κ1) is 8.84. The standard InChI is InChI=1S/C9H14N2O/c1-4-10-9(12)8-6(2)5-11-7(8)3/h5,11H,4H2,1-3H3,(H,10,12). The topological polar surface area (TPSA) is 44.9 Å². The van der Waals surface area contributed by atoms with Crippen LogP contribution in [0.5, 0.6) is 0 Å². The second kappa shape index (κ2) is 3.43. The highest BCUT2D eigenvalue weighted by Gasteiger charge is 2.11. The van der Waals surface area contributed by atoms with Crippen molar-refractivity contribution in [3.8, 4) is 0 Å². The fraction of sp³-hybridized carbons (Fsp3) is 0.444. The van der Waals surface area contributed by atoms with Crippen molar-refractivity contribution in [2.75, 3.05) is 6.54 Å². The zero-order valence-electron chi connectivity index (χ0n) is 7.69. The minimum Gasteiger partial charge on any atom is -0.364 e. The number of H-pyrrole nitrogens is 1. The van der Waals surface area contributed by atoms with Crippen molar-refractivity contribution in [3.63, 3.8) is 0 Å². The van der Waals surface area contributed by atoms with Crippen LogP contribution in [0.15, 0.2) is 6.20 Å². The molecule has 2 N–H and O–H groups in total. The predicted octanol–water partition coefficient (Wildman–Crippen LogP) is 1.38. The third-order valence-corrected chi connectivity index (χ3v) is 1.84. The molecule has 0 aliphatic carbocycles. The summed E-state index contributed by atoms with van der Waals surface area (Å²) in [5.74, 6) is 0.00810. The minimum absolute atomic E-state index is 0.00810. The number of hydrogen-bond donors (Lipinski definition) is 2. The first-order valence-corrected chi connectivity index (χ1v) is 4.09. The second-order valence-corrected chi connectivity index (χ2v) is 2.83. The maximum Gasteiger partial charge on any atom is 0.253 e. The van der Waals surface area contributed by atoms with E-state index in [0.29, 0.717) is 6.54 Å². The van der Waals surface area contributed by atoms with E-state index in [-0.39, 0.29) is 5.91 Å². The molecule has 0 aromatic carbocycles. The van der Waals surface area contributed by atoms with E-state index in [2.05, 4.69) is 10.3 Å².